The molecule has 0 saturated carbocycles. The number of sulfonamides is 1. The van der Waals surface area contributed by atoms with Gasteiger partial charge < -0.3 is 19.4 Å². The molecule has 10 heteroatoms. The highest BCUT2D eigenvalue weighted by Crippen LogP contribution is 2.29. The summed E-state index contributed by atoms with van der Waals surface area (Å²) < 4.78 is 40.1. The largest absolute Gasteiger partial charge is 0.496 e. The number of rotatable bonds is 11. The van der Waals surface area contributed by atoms with Gasteiger partial charge in [0.05, 0.1) is 18.6 Å². The molecule has 0 aliphatic heterocycles. The van der Waals surface area contributed by atoms with E-state index in [2.05, 4.69) is 15.0 Å². The number of hydrogen-bond donors (Lipinski definition) is 2. The number of para-hydroxylation sites is 1. The molecule has 1 unspecified atom stereocenters. The van der Waals surface area contributed by atoms with Crippen molar-refractivity contribution in [3.05, 3.63) is 72.3 Å². The van der Waals surface area contributed by atoms with Gasteiger partial charge >= 0.3 is 0 Å². The Morgan fingerprint density at radius 1 is 1.15 bits per heavy atom. The molecule has 1 heterocycles. The second-order valence-corrected chi connectivity index (χ2v) is 8.96. The maximum atomic E-state index is 12.7. The second kappa shape index (κ2) is 11.0. The fourth-order valence-corrected chi connectivity index (χ4v) is 4.37. The SMILES string of the molecule is CCOc1ccc(S(=O)(=O)NCCC(=O)NC(c2ccccc2OC)c2nccn2C)cc1. The molecule has 0 aliphatic carbocycles. The number of carbonyl (C=O) groups is 1. The van der Waals surface area contributed by atoms with E-state index in [1.165, 1.54) is 12.1 Å². The van der Waals surface area contributed by atoms with Crippen molar-refractivity contribution in [1.82, 2.24) is 19.6 Å². The van der Waals surface area contributed by atoms with Crippen LogP contribution in [0.5, 0.6) is 11.5 Å². The predicted molar refractivity (Wildman–Crippen MR) is 124 cm³/mol. The first-order valence-electron chi connectivity index (χ1n) is 10.5. The van der Waals surface area contributed by atoms with Gasteiger partial charge in [-0.3, -0.25) is 4.79 Å². The fourth-order valence-electron chi connectivity index (χ4n) is 3.34. The van der Waals surface area contributed by atoms with Gasteiger partial charge in [-0.2, -0.15) is 0 Å². The lowest BCUT2D eigenvalue weighted by molar-refractivity contribution is -0.121. The van der Waals surface area contributed by atoms with Crippen molar-refractivity contribution in [3.8, 4) is 11.5 Å². The van der Waals surface area contributed by atoms with Gasteiger partial charge in [-0.15, -0.1) is 0 Å². The van der Waals surface area contributed by atoms with Crippen LogP contribution in [-0.2, 0) is 21.9 Å². The smallest absolute Gasteiger partial charge is 0.240 e. The molecule has 0 spiro atoms. The van der Waals surface area contributed by atoms with Crippen molar-refractivity contribution in [3.63, 3.8) is 0 Å². The fraction of sp³-hybridized carbons (Fsp3) is 0.304. The number of ether oxygens (including phenoxy) is 2. The lowest BCUT2D eigenvalue weighted by Crippen LogP contribution is -2.34. The third-order valence-electron chi connectivity index (χ3n) is 4.96. The zero-order valence-electron chi connectivity index (χ0n) is 18.8. The number of amides is 1. The number of nitrogens with zero attached hydrogens (tertiary/aromatic N) is 2. The van der Waals surface area contributed by atoms with Gasteiger partial charge in [0.25, 0.3) is 0 Å². The summed E-state index contributed by atoms with van der Waals surface area (Å²) in [7, 11) is -0.354. The number of hydrogen-bond acceptors (Lipinski definition) is 6. The number of nitrogens with one attached hydrogen (secondary N) is 2. The van der Waals surface area contributed by atoms with E-state index >= 15 is 0 Å². The van der Waals surface area contributed by atoms with E-state index < -0.39 is 16.1 Å². The van der Waals surface area contributed by atoms with Gasteiger partial charge in [-0.1, -0.05) is 18.2 Å². The molecule has 1 atom stereocenters. The third-order valence-corrected chi connectivity index (χ3v) is 6.44. The van der Waals surface area contributed by atoms with Crippen molar-refractivity contribution < 1.29 is 22.7 Å². The first kappa shape index (κ1) is 24.3. The molecular weight excluding hydrogens is 444 g/mol. The first-order chi connectivity index (χ1) is 15.9. The molecule has 176 valence electrons. The summed E-state index contributed by atoms with van der Waals surface area (Å²) in [5, 5.41) is 2.95. The molecule has 33 heavy (non-hydrogen) atoms. The average molecular weight is 473 g/mol. The highest BCUT2D eigenvalue weighted by atomic mass is 32.2. The lowest BCUT2D eigenvalue weighted by atomic mass is 10.0. The molecule has 0 fully saturated rings. The summed E-state index contributed by atoms with van der Waals surface area (Å²) in [6.07, 6.45) is 3.38. The van der Waals surface area contributed by atoms with E-state index in [4.69, 9.17) is 9.47 Å². The van der Waals surface area contributed by atoms with Crippen LogP contribution in [0.25, 0.3) is 0 Å². The molecule has 2 N–H and O–H groups in total. The minimum absolute atomic E-state index is 0.0493. The number of aryl methyl sites for hydroxylation is 1. The minimum atomic E-state index is -3.75. The lowest BCUT2D eigenvalue weighted by Gasteiger charge is -2.21. The van der Waals surface area contributed by atoms with Gasteiger partial charge in [-0.25, -0.2) is 18.1 Å². The summed E-state index contributed by atoms with van der Waals surface area (Å²) in [5.41, 5.74) is 0.748. The Balaban J connectivity index is 1.66. The summed E-state index contributed by atoms with van der Waals surface area (Å²) in [6, 6.07) is 12.9. The Bertz CT molecular complexity index is 1180. The third kappa shape index (κ3) is 6.11. The van der Waals surface area contributed by atoms with E-state index in [1.807, 2.05) is 42.8 Å². The van der Waals surface area contributed by atoms with Crippen LogP contribution in [-0.4, -0.2) is 44.1 Å². The van der Waals surface area contributed by atoms with Crippen LogP contribution >= 0.6 is 0 Å². The van der Waals surface area contributed by atoms with Crippen molar-refractivity contribution in [1.29, 1.82) is 0 Å². The molecule has 1 aromatic heterocycles. The molecular formula is C23H28N4O5S. The number of imidazole rings is 1. The summed E-state index contributed by atoms with van der Waals surface area (Å²) in [5.74, 6) is 1.50. The topological polar surface area (TPSA) is 112 Å². The van der Waals surface area contributed by atoms with Crippen LogP contribution in [0, 0.1) is 0 Å². The standard InChI is InChI=1S/C23H28N4O5S/c1-4-32-17-9-11-18(12-10-17)33(29,30)25-14-13-21(28)26-22(23-24-15-16-27(23)2)19-7-5-6-8-20(19)31-3/h5-12,15-16,22,25H,4,13-14H2,1-3H3,(H,26,28). The molecule has 0 aliphatic rings. The normalized spacial score (nSPS) is 12.2. The summed E-state index contributed by atoms with van der Waals surface area (Å²) in [6.45, 7) is 2.29. The molecule has 3 rings (SSSR count). The maximum absolute atomic E-state index is 12.7. The summed E-state index contributed by atoms with van der Waals surface area (Å²) in [4.78, 5) is 17.2. The number of aromatic nitrogens is 2. The zero-order chi connectivity index (χ0) is 23.8. The van der Waals surface area contributed by atoms with Crippen LogP contribution in [0.3, 0.4) is 0 Å². The van der Waals surface area contributed by atoms with Crippen LogP contribution in [0.2, 0.25) is 0 Å². The van der Waals surface area contributed by atoms with Gasteiger partial charge in [0.2, 0.25) is 15.9 Å². The zero-order valence-corrected chi connectivity index (χ0v) is 19.6. The maximum Gasteiger partial charge on any atom is 0.240 e. The Labute approximate surface area is 193 Å². The van der Waals surface area contributed by atoms with E-state index in [0.717, 1.165) is 5.56 Å². The van der Waals surface area contributed by atoms with Crippen molar-refractivity contribution in [2.45, 2.75) is 24.3 Å². The van der Waals surface area contributed by atoms with Gasteiger partial charge in [0.15, 0.2) is 0 Å². The molecule has 0 bridgehead atoms. The molecule has 2 aromatic carbocycles. The van der Waals surface area contributed by atoms with Gasteiger partial charge in [0, 0.05) is 38.0 Å². The Hall–Kier alpha value is -3.37. The predicted octanol–water partition coefficient (Wildman–Crippen LogP) is 2.40. The molecule has 9 nitrogen and oxygen atoms in total. The first-order valence-corrected chi connectivity index (χ1v) is 12.0. The van der Waals surface area contributed by atoms with Crippen molar-refractivity contribution in [2.75, 3.05) is 20.3 Å². The van der Waals surface area contributed by atoms with Gasteiger partial charge in [0.1, 0.15) is 23.4 Å². The van der Waals surface area contributed by atoms with E-state index in [1.54, 1.807) is 31.6 Å². The van der Waals surface area contributed by atoms with Crippen LogP contribution < -0.4 is 19.5 Å². The van der Waals surface area contributed by atoms with Crippen molar-refractivity contribution >= 4 is 15.9 Å². The van der Waals surface area contributed by atoms with E-state index in [0.29, 0.717) is 23.9 Å². The molecule has 3 aromatic rings. The molecule has 0 saturated heterocycles. The number of carbonyl (C=O) groups excluding carboxylic acids is 1. The van der Waals surface area contributed by atoms with Crippen LogP contribution in [0.4, 0.5) is 0 Å². The minimum Gasteiger partial charge on any atom is -0.496 e. The second-order valence-electron chi connectivity index (χ2n) is 7.19. The number of benzene rings is 2. The van der Waals surface area contributed by atoms with E-state index in [9.17, 15) is 13.2 Å². The van der Waals surface area contributed by atoms with Crippen molar-refractivity contribution in [2.24, 2.45) is 7.05 Å². The molecule has 1 amide bonds. The highest BCUT2D eigenvalue weighted by molar-refractivity contribution is 7.89. The summed E-state index contributed by atoms with van der Waals surface area (Å²) >= 11 is 0. The van der Waals surface area contributed by atoms with Crippen LogP contribution in [0.15, 0.2) is 65.8 Å². The monoisotopic (exact) mass is 472 g/mol. The Kier molecular flexibility index (Phi) is 8.07. The number of methoxy groups -OCH3 is 1. The van der Waals surface area contributed by atoms with Crippen LogP contribution in [0.1, 0.15) is 30.8 Å². The van der Waals surface area contributed by atoms with E-state index in [-0.39, 0.29) is 23.8 Å². The Morgan fingerprint density at radius 3 is 2.52 bits per heavy atom. The highest BCUT2D eigenvalue weighted by Gasteiger charge is 2.24. The Morgan fingerprint density at radius 2 is 1.88 bits per heavy atom. The van der Waals surface area contributed by atoms with Gasteiger partial charge in [-0.05, 0) is 37.3 Å². The molecule has 0 radical (unpaired) electrons. The average Bonchev–Trinajstić information content (AvgIpc) is 3.23. The quantitative estimate of drug-likeness (QED) is 0.443.